The highest BCUT2D eigenvalue weighted by molar-refractivity contribution is 7.14. The number of carbonyl (C=O) groups excluding carboxylic acids is 2. The van der Waals surface area contributed by atoms with Gasteiger partial charge in [-0.3, -0.25) is 14.5 Å². The maximum atomic E-state index is 13.0. The van der Waals surface area contributed by atoms with E-state index in [1.54, 1.807) is 61.2 Å². The molecule has 6 nitrogen and oxygen atoms in total. The number of thiazole rings is 1. The zero-order valence-corrected chi connectivity index (χ0v) is 17.7. The molecule has 1 aliphatic rings. The van der Waals surface area contributed by atoms with Crippen LogP contribution in [0, 0.1) is 6.92 Å². The Labute approximate surface area is 182 Å². The predicted octanol–water partition coefficient (Wildman–Crippen LogP) is 4.74. The number of aromatic nitrogens is 1. The molecule has 0 unspecified atom stereocenters. The molecule has 0 radical (unpaired) electrons. The molecule has 0 spiro atoms. The summed E-state index contributed by atoms with van der Waals surface area (Å²) < 4.78 is 5.26. The van der Waals surface area contributed by atoms with Gasteiger partial charge >= 0.3 is 5.91 Å². The molecule has 2 heterocycles. The van der Waals surface area contributed by atoms with E-state index in [0.717, 1.165) is 5.56 Å². The van der Waals surface area contributed by atoms with Gasteiger partial charge in [0.15, 0.2) is 5.13 Å². The number of aryl methyl sites for hydroxylation is 1. The van der Waals surface area contributed by atoms with Gasteiger partial charge in [0.05, 0.1) is 18.7 Å². The highest BCUT2D eigenvalue weighted by Gasteiger charge is 2.48. The molecule has 0 aliphatic carbocycles. The molecule has 3 aromatic rings. The lowest BCUT2D eigenvalue weighted by atomic mass is 9.95. The van der Waals surface area contributed by atoms with Crippen molar-refractivity contribution in [3.8, 4) is 5.75 Å². The molecule has 152 valence electrons. The summed E-state index contributed by atoms with van der Waals surface area (Å²) in [5.41, 5.74) is 1.79. The molecule has 1 amide bonds. The van der Waals surface area contributed by atoms with Gasteiger partial charge in [0.2, 0.25) is 0 Å². The topological polar surface area (TPSA) is 79.7 Å². The number of anilines is 1. The number of ketones is 1. The molecular weight excluding hydrogens is 424 g/mol. The molecule has 8 heteroatoms. The molecule has 1 saturated heterocycles. The van der Waals surface area contributed by atoms with E-state index in [1.165, 1.54) is 16.2 Å². The number of hydrogen-bond donors (Lipinski definition) is 1. The number of ether oxygens (including phenoxy) is 1. The zero-order chi connectivity index (χ0) is 21.4. The number of carbonyl (C=O) groups is 2. The van der Waals surface area contributed by atoms with E-state index < -0.39 is 17.7 Å². The van der Waals surface area contributed by atoms with E-state index >= 15 is 0 Å². The fourth-order valence-corrected chi connectivity index (χ4v) is 4.40. The fraction of sp³-hybridized carbons (Fsp3) is 0.136. The van der Waals surface area contributed by atoms with Crippen LogP contribution in [-0.4, -0.2) is 28.9 Å². The third-order valence-corrected chi connectivity index (χ3v) is 5.91. The van der Waals surface area contributed by atoms with E-state index in [-0.39, 0.29) is 11.3 Å². The number of rotatable bonds is 4. The smallest absolute Gasteiger partial charge is 0.301 e. The molecular formula is C22H17ClN2O4S. The molecule has 1 atom stereocenters. The molecule has 0 saturated carbocycles. The largest absolute Gasteiger partial charge is 0.507 e. The first-order chi connectivity index (χ1) is 14.4. The average Bonchev–Trinajstić information content (AvgIpc) is 3.34. The van der Waals surface area contributed by atoms with E-state index in [1.807, 2.05) is 6.92 Å². The Morgan fingerprint density at radius 3 is 2.67 bits per heavy atom. The Kier molecular flexibility index (Phi) is 5.32. The van der Waals surface area contributed by atoms with Crippen LogP contribution in [0.2, 0.25) is 5.02 Å². The van der Waals surface area contributed by atoms with Crippen molar-refractivity contribution in [3.05, 3.63) is 81.3 Å². The maximum absolute atomic E-state index is 13.0. The Balaban J connectivity index is 1.94. The summed E-state index contributed by atoms with van der Waals surface area (Å²) in [6.45, 7) is 1.83. The standard InChI is InChI=1S/C22H17ClN2O4S/c1-12-10-14(6-7-16(12)29-2)19(26)17-18(13-4-3-5-15(23)11-13)25(21(28)20(17)27)22-24-8-9-30-22/h3-11,18,26H,1-2H3/b19-17+/t18-/m1/s1. The third-order valence-electron chi connectivity index (χ3n) is 4.90. The first kappa shape index (κ1) is 20.1. The predicted molar refractivity (Wildman–Crippen MR) is 116 cm³/mol. The van der Waals surface area contributed by atoms with Gasteiger partial charge in [-0.15, -0.1) is 11.3 Å². The number of aliphatic hydroxyl groups excluding tert-OH is 1. The van der Waals surface area contributed by atoms with Gasteiger partial charge in [0.1, 0.15) is 11.5 Å². The van der Waals surface area contributed by atoms with Crippen LogP contribution < -0.4 is 9.64 Å². The number of benzene rings is 2. The summed E-state index contributed by atoms with van der Waals surface area (Å²) in [5, 5.41) is 13.6. The van der Waals surface area contributed by atoms with Crippen molar-refractivity contribution in [1.29, 1.82) is 0 Å². The second kappa shape index (κ2) is 7.93. The minimum absolute atomic E-state index is 0.0120. The van der Waals surface area contributed by atoms with Crippen LogP contribution in [0.4, 0.5) is 5.13 Å². The Morgan fingerprint density at radius 1 is 1.23 bits per heavy atom. The number of Topliss-reactive ketones (excluding diaryl/α,β-unsaturated/α-hetero) is 1. The summed E-state index contributed by atoms with van der Waals surface area (Å²) in [6, 6.07) is 11.1. The van der Waals surface area contributed by atoms with Crippen molar-refractivity contribution in [2.45, 2.75) is 13.0 Å². The van der Waals surface area contributed by atoms with E-state index in [2.05, 4.69) is 4.98 Å². The van der Waals surface area contributed by atoms with Crippen LogP contribution in [-0.2, 0) is 9.59 Å². The number of hydrogen-bond acceptors (Lipinski definition) is 6. The lowest BCUT2D eigenvalue weighted by Gasteiger charge is -2.23. The summed E-state index contributed by atoms with van der Waals surface area (Å²) in [4.78, 5) is 31.5. The van der Waals surface area contributed by atoms with Crippen LogP contribution in [0.25, 0.3) is 5.76 Å². The van der Waals surface area contributed by atoms with Crippen LogP contribution in [0.1, 0.15) is 22.7 Å². The lowest BCUT2D eigenvalue weighted by molar-refractivity contribution is -0.132. The molecule has 4 rings (SSSR count). The highest BCUT2D eigenvalue weighted by atomic mass is 35.5. The van der Waals surface area contributed by atoms with Gasteiger partial charge < -0.3 is 9.84 Å². The SMILES string of the molecule is COc1ccc(/C(O)=C2\C(=O)C(=O)N(c3nccs3)[C@@H]2c2cccc(Cl)c2)cc1C. The maximum Gasteiger partial charge on any atom is 0.301 e. The molecule has 30 heavy (non-hydrogen) atoms. The van der Waals surface area contributed by atoms with Crippen molar-refractivity contribution in [3.63, 3.8) is 0 Å². The van der Waals surface area contributed by atoms with Crippen molar-refractivity contribution in [1.82, 2.24) is 4.98 Å². The van der Waals surface area contributed by atoms with Crippen molar-refractivity contribution >= 4 is 45.5 Å². The molecule has 1 aromatic heterocycles. The highest BCUT2D eigenvalue weighted by Crippen LogP contribution is 2.43. The van der Waals surface area contributed by atoms with Gasteiger partial charge in [-0.25, -0.2) is 4.98 Å². The average molecular weight is 441 g/mol. The van der Waals surface area contributed by atoms with Gasteiger partial charge in [0, 0.05) is 22.2 Å². The van der Waals surface area contributed by atoms with Crippen molar-refractivity contribution in [2.75, 3.05) is 12.0 Å². The first-order valence-electron chi connectivity index (χ1n) is 9.03. The van der Waals surface area contributed by atoms with Crippen molar-refractivity contribution < 1.29 is 19.4 Å². The first-order valence-corrected chi connectivity index (χ1v) is 10.3. The van der Waals surface area contributed by atoms with Crippen LogP contribution in [0.3, 0.4) is 0 Å². The van der Waals surface area contributed by atoms with E-state index in [0.29, 0.717) is 27.0 Å². The number of methoxy groups -OCH3 is 1. The Morgan fingerprint density at radius 2 is 2.03 bits per heavy atom. The third kappa shape index (κ3) is 3.36. The van der Waals surface area contributed by atoms with E-state index in [9.17, 15) is 14.7 Å². The normalized spacial score (nSPS) is 18.1. The second-order valence-electron chi connectivity index (χ2n) is 6.72. The van der Waals surface area contributed by atoms with Gasteiger partial charge in [0.25, 0.3) is 5.78 Å². The number of nitrogens with zero attached hydrogens (tertiary/aromatic N) is 2. The van der Waals surface area contributed by atoms with Crippen LogP contribution in [0.5, 0.6) is 5.75 Å². The molecule has 2 aromatic carbocycles. The Bertz CT molecular complexity index is 1170. The van der Waals surface area contributed by atoms with Gasteiger partial charge in [-0.05, 0) is 48.4 Å². The number of aliphatic hydroxyl groups is 1. The van der Waals surface area contributed by atoms with Crippen LogP contribution >= 0.6 is 22.9 Å². The fourth-order valence-electron chi connectivity index (χ4n) is 3.54. The summed E-state index contributed by atoms with van der Waals surface area (Å²) >= 11 is 7.41. The monoisotopic (exact) mass is 440 g/mol. The molecule has 1 fully saturated rings. The lowest BCUT2D eigenvalue weighted by Crippen LogP contribution is -2.29. The van der Waals surface area contributed by atoms with Crippen LogP contribution in [0.15, 0.2) is 59.6 Å². The molecule has 0 bridgehead atoms. The Hall–Kier alpha value is -3.16. The van der Waals surface area contributed by atoms with Gasteiger partial charge in [-0.2, -0.15) is 0 Å². The minimum Gasteiger partial charge on any atom is -0.507 e. The van der Waals surface area contributed by atoms with Gasteiger partial charge in [-0.1, -0.05) is 23.7 Å². The van der Waals surface area contributed by atoms with Crippen molar-refractivity contribution in [2.24, 2.45) is 0 Å². The molecule has 1 N–H and O–H groups in total. The summed E-state index contributed by atoms with van der Waals surface area (Å²) in [5.74, 6) is -1.13. The second-order valence-corrected chi connectivity index (χ2v) is 8.03. The zero-order valence-electron chi connectivity index (χ0n) is 16.1. The van der Waals surface area contributed by atoms with E-state index in [4.69, 9.17) is 16.3 Å². The number of halogens is 1. The molecule has 1 aliphatic heterocycles. The summed E-state index contributed by atoms with van der Waals surface area (Å²) in [7, 11) is 1.56. The number of amides is 1. The minimum atomic E-state index is -0.850. The summed E-state index contributed by atoms with van der Waals surface area (Å²) in [6.07, 6.45) is 1.56. The quantitative estimate of drug-likeness (QED) is 0.360.